The van der Waals surface area contributed by atoms with Gasteiger partial charge in [-0.3, -0.25) is 4.79 Å². The Morgan fingerprint density at radius 1 is 0.800 bits per heavy atom. The number of carbonyl (C=O) groups is 1. The number of ether oxygens (including phenoxy) is 1. The van der Waals surface area contributed by atoms with Crippen LogP contribution in [0.1, 0.15) is 88.2 Å². The number of hydrogen-bond donors (Lipinski definition) is 0. The predicted molar refractivity (Wildman–Crippen MR) is 142 cm³/mol. The Morgan fingerprint density at radius 3 is 2.00 bits per heavy atom. The van der Waals surface area contributed by atoms with Gasteiger partial charge in [0.05, 0.1) is 0 Å². The van der Waals surface area contributed by atoms with Gasteiger partial charge in [0.15, 0.2) is 5.82 Å². The average molecular weight is 471 g/mol. The molecule has 0 bridgehead atoms. The van der Waals surface area contributed by atoms with Gasteiger partial charge in [-0.15, -0.1) is 0 Å². The highest BCUT2D eigenvalue weighted by atomic mass is 16.5. The molecular formula is C31H38N2O2. The molecule has 1 aliphatic carbocycles. The van der Waals surface area contributed by atoms with Crippen molar-refractivity contribution in [1.29, 1.82) is 0 Å². The van der Waals surface area contributed by atoms with Crippen molar-refractivity contribution in [1.82, 2.24) is 9.97 Å². The highest BCUT2D eigenvalue weighted by molar-refractivity contribution is 5.69. The summed E-state index contributed by atoms with van der Waals surface area (Å²) in [5.74, 6) is 1.17. The van der Waals surface area contributed by atoms with Crippen LogP contribution in [0.25, 0.3) is 22.5 Å². The van der Waals surface area contributed by atoms with Gasteiger partial charge in [-0.05, 0) is 61.6 Å². The smallest absolute Gasteiger partial charge is 0.306 e. The lowest BCUT2D eigenvalue weighted by molar-refractivity contribution is -0.150. The van der Waals surface area contributed by atoms with Crippen LogP contribution in [0.2, 0.25) is 0 Å². The van der Waals surface area contributed by atoms with E-state index in [2.05, 4.69) is 72.3 Å². The molecule has 1 aliphatic rings. The lowest BCUT2D eigenvalue weighted by Gasteiger charge is -2.28. The lowest BCUT2D eigenvalue weighted by atomic mass is 9.84. The largest absolute Gasteiger partial charge is 0.462 e. The summed E-state index contributed by atoms with van der Waals surface area (Å²) in [6.45, 7) is 4.31. The molecule has 0 atom stereocenters. The molecule has 1 saturated carbocycles. The zero-order valence-electron chi connectivity index (χ0n) is 21.2. The van der Waals surface area contributed by atoms with E-state index in [9.17, 15) is 4.79 Å². The molecule has 35 heavy (non-hydrogen) atoms. The van der Waals surface area contributed by atoms with Gasteiger partial charge in [-0.2, -0.15) is 0 Å². The lowest BCUT2D eigenvalue weighted by Crippen LogP contribution is -2.24. The van der Waals surface area contributed by atoms with Crippen LogP contribution in [0.5, 0.6) is 0 Å². The number of hydrogen-bond acceptors (Lipinski definition) is 4. The molecular weight excluding hydrogens is 432 g/mol. The van der Waals surface area contributed by atoms with E-state index < -0.39 is 0 Å². The molecule has 0 radical (unpaired) electrons. The molecule has 4 rings (SSSR count). The molecule has 184 valence electrons. The summed E-state index contributed by atoms with van der Waals surface area (Å²) in [6, 6.07) is 17.0. The topological polar surface area (TPSA) is 52.1 Å². The van der Waals surface area contributed by atoms with Crippen LogP contribution in [-0.2, 0) is 9.53 Å². The number of carbonyl (C=O) groups excluding carboxylic acids is 1. The van der Waals surface area contributed by atoms with Crippen molar-refractivity contribution < 1.29 is 9.53 Å². The van der Waals surface area contributed by atoms with Crippen molar-refractivity contribution in [3.8, 4) is 22.5 Å². The van der Waals surface area contributed by atoms with Crippen molar-refractivity contribution in [2.45, 2.75) is 90.1 Å². The van der Waals surface area contributed by atoms with Gasteiger partial charge in [-0.25, -0.2) is 9.97 Å². The van der Waals surface area contributed by atoms with Crippen molar-refractivity contribution in [3.05, 3.63) is 72.1 Å². The average Bonchev–Trinajstić information content (AvgIpc) is 2.90. The third kappa shape index (κ3) is 7.24. The summed E-state index contributed by atoms with van der Waals surface area (Å²) in [7, 11) is 0. The van der Waals surface area contributed by atoms with E-state index >= 15 is 0 Å². The third-order valence-corrected chi connectivity index (χ3v) is 7.13. The quantitative estimate of drug-likeness (QED) is 0.222. The van der Waals surface area contributed by atoms with Crippen LogP contribution in [0.15, 0.2) is 60.9 Å². The first kappa shape index (κ1) is 25.1. The molecule has 4 nitrogen and oxygen atoms in total. The van der Waals surface area contributed by atoms with E-state index in [0.717, 1.165) is 49.9 Å². The molecule has 1 fully saturated rings. The van der Waals surface area contributed by atoms with Crippen molar-refractivity contribution >= 4 is 5.97 Å². The minimum atomic E-state index is -0.0222. The van der Waals surface area contributed by atoms with Gasteiger partial charge in [0, 0.05) is 24.4 Å². The van der Waals surface area contributed by atoms with Gasteiger partial charge < -0.3 is 4.74 Å². The molecule has 3 aromatic rings. The molecule has 0 spiro atoms. The maximum atomic E-state index is 12.1. The second-order valence-corrected chi connectivity index (χ2v) is 9.91. The summed E-state index contributed by atoms with van der Waals surface area (Å²) in [5.41, 5.74) is 5.89. The fraction of sp³-hybridized carbons (Fsp3) is 0.452. The second-order valence-electron chi connectivity index (χ2n) is 9.91. The van der Waals surface area contributed by atoms with Crippen LogP contribution in [0.3, 0.4) is 0 Å². The number of nitrogens with zero attached hydrogens (tertiary/aromatic N) is 2. The Labute approximate surface area is 210 Å². The molecule has 1 heterocycles. The normalized spacial score (nSPS) is 17.8. The highest BCUT2D eigenvalue weighted by Crippen LogP contribution is 2.34. The number of rotatable bonds is 10. The molecule has 0 saturated heterocycles. The van der Waals surface area contributed by atoms with Gasteiger partial charge >= 0.3 is 5.97 Å². The summed E-state index contributed by atoms with van der Waals surface area (Å²) < 4.78 is 5.74. The van der Waals surface area contributed by atoms with Crippen LogP contribution in [-0.4, -0.2) is 22.0 Å². The van der Waals surface area contributed by atoms with Gasteiger partial charge in [0.1, 0.15) is 6.10 Å². The van der Waals surface area contributed by atoms with Crippen molar-refractivity contribution in [2.24, 2.45) is 0 Å². The molecule has 0 amide bonds. The van der Waals surface area contributed by atoms with E-state index in [4.69, 9.17) is 4.74 Å². The van der Waals surface area contributed by atoms with Crippen molar-refractivity contribution in [2.75, 3.05) is 0 Å². The van der Waals surface area contributed by atoms with E-state index in [0.29, 0.717) is 12.3 Å². The fourth-order valence-electron chi connectivity index (χ4n) is 4.89. The van der Waals surface area contributed by atoms with Crippen LogP contribution in [0, 0.1) is 6.92 Å². The molecule has 4 heteroatoms. The molecule has 2 aromatic carbocycles. The zero-order valence-corrected chi connectivity index (χ0v) is 21.2. The van der Waals surface area contributed by atoms with E-state index in [1.54, 1.807) is 0 Å². The predicted octanol–water partition coefficient (Wildman–Crippen LogP) is 8.05. The summed E-state index contributed by atoms with van der Waals surface area (Å²) in [6.07, 6.45) is 14.2. The fourth-order valence-corrected chi connectivity index (χ4v) is 4.89. The Hall–Kier alpha value is -3.01. The summed E-state index contributed by atoms with van der Waals surface area (Å²) >= 11 is 0. The monoisotopic (exact) mass is 470 g/mol. The Kier molecular flexibility index (Phi) is 9.05. The third-order valence-electron chi connectivity index (χ3n) is 7.13. The molecule has 0 N–H and O–H groups in total. The Balaban J connectivity index is 1.25. The first-order valence-electron chi connectivity index (χ1n) is 13.3. The summed E-state index contributed by atoms with van der Waals surface area (Å²) in [5, 5.41) is 0. The number of benzene rings is 2. The first-order valence-corrected chi connectivity index (χ1v) is 13.3. The Bertz CT molecular complexity index is 1050. The zero-order chi connectivity index (χ0) is 24.5. The van der Waals surface area contributed by atoms with E-state index in [1.165, 1.54) is 41.5 Å². The van der Waals surface area contributed by atoms with Gasteiger partial charge in [-0.1, -0.05) is 86.7 Å². The first-order chi connectivity index (χ1) is 17.1. The van der Waals surface area contributed by atoms with E-state index in [1.807, 2.05) is 12.4 Å². The molecule has 0 unspecified atom stereocenters. The minimum absolute atomic E-state index is 0.0222. The minimum Gasteiger partial charge on any atom is -0.462 e. The highest BCUT2D eigenvalue weighted by Gasteiger charge is 2.25. The summed E-state index contributed by atoms with van der Waals surface area (Å²) in [4.78, 5) is 21.5. The number of unbranched alkanes of at least 4 members (excludes halogenated alkanes) is 4. The van der Waals surface area contributed by atoms with Crippen LogP contribution in [0.4, 0.5) is 0 Å². The number of aryl methyl sites for hydroxylation is 1. The second kappa shape index (κ2) is 12.6. The number of aromatic nitrogens is 2. The molecule has 0 aliphatic heterocycles. The van der Waals surface area contributed by atoms with Crippen LogP contribution >= 0.6 is 0 Å². The maximum absolute atomic E-state index is 12.1. The van der Waals surface area contributed by atoms with E-state index in [-0.39, 0.29) is 12.1 Å². The Morgan fingerprint density at radius 2 is 1.37 bits per heavy atom. The molecule has 1 aromatic heterocycles. The van der Waals surface area contributed by atoms with Crippen molar-refractivity contribution in [3.63, 3.8) is 0 Å². The SMILES string of the molecule is CCCCCCCC(=O)OC1CCC(c2cnc(-c3ccc(-c4ccc(C)cc4)cc3)nc2)CC1. The van der Waals surface area contributed by atoms with Crippen LogP contribution < -0.4 is 0 Å². The number of esters is 1. The standard InChI is InChI=1S/C31H38N2O2/c1-3-4-5-6-7-8-30(34)35-29-19-17-26(18-20-29)28-21-32-31(33-22-28)27-15-13-25(14-16-27)24-11-9-23(2)10-12-24/h9-16,21-22,26,29H,3-8,17-20H2,1-2H3. The van der Waals surface area contributed by atoms with Gasteiger partial charge in [0.2, 0.25) is 0 Å². The van der Waals surface area contributed by atoms with Gasteiger partial charge in [0.25, 0.3) is 0 Å². The maximum Gasteiger partial charge on any atom is 0.306 e.